The van der Waals surface area contributed by atoms with Gasteiger partial charge in [0.2, 0.25) is 5.91 Å². The predicted octanol–water partition coefficient (Wildman–Crippen LogP) is -0.285. The highest BCUT2D eigenvalue weighted by molar-refractivity contribution is 5.77. The second-order valence-corrected chi connectivity index (χ2v) is 2.60. The fourth-order valence-electron chi connectivity index (χ4n) is 0.909. The number of ether oxygens (including phenoxy) is 1. The Bertz CT molecular complexity index is 246. The van der Waals surface area contributed by atoms with Gasteiger partial charge in [-0.05, 0) is 0 Å². The number of hydrogen-bond acceptors (Lipinski definition) is 3. The number of H-pyrrole nitrogens is 1. The molecule has 0 atom stereocenters. The molecule has 1 rings (SSSR count). The molecule has 1 heterocycles. The second-order valence-electron chi connectivity index (χ2n) is 2.60. The summed E-state index contributed by atoms with van der Waals surface area (Å²) in [5.74, 6) is -0.0266. The molecule has 0 unspecified atom stereocenters. The summed E-state index contributed by atoms with van der Waals surface area (Å²) in [6, 6.07) is 0. The Hall–Kier alpha value is -1.36. The van der Waals surface area contributed by atoms with E-state index < -0.39 is 0 Å². The minimum Gasteiger partial charge on any atom is -0.383 e. The van der Waals surface area contributed by atoms with Crippen LogP contribution in [0, 0.1) is 0 Å². The maximum absolute atomic E-state index is 11.2. The Labute approximate surface area is 76.5 Å². The van der Waals surface area contributed by atoms with Crippen LogP contribution < -0.4 is 5.32 Å². The minimum atomic E-state index is -0.0266. The second kappa shape index (κ2) is 5.31. The van der Waals surface area contributed by atoms with Crippen LogP contribution in [-0.4, -0.2) is 36.1 Å². The number of nitrogens with one attached hydrogen (secondary N) is 2. The maximum atomic E-state index is 11.2. The Morgan fingerprint density at radius 1 is 1.77 bits per heavy atom. The van der Waals surface area contributed by atoms with Gasteiger partial charge in [-0.3, -0.25) is 4.79 Å². The standard InChI is InChI=1S/C8H13N3O2/c1-13-3-2-10-8(12)4-7-5-9-6-11-7/h5-6H,2-4H2,1H3,(H,9,11)(H,10,12). The number of hydrogen-bond donors (Lipinski definition) is 2. The molecule has 5 heteroatoms. The normalized spacial score (nSPS) is 9.92. The molecule has 72 valence electrons. The molecule has 0 spiro atoms. The minimum absolute atomic E-state index is 0.0266. The first kappa shape index (κ1) is 9.73. The summed E-state index contributed by atoms with van der Waals surface area (Å²) in [5.41, 5.74) is 0.815. The number of aromatic amines is 1. The molecule has 0 saturated carbocycles. The lowest BCUT2D eigenvalue weighted by molar-refractivity contribution is -0.120. The zero-order valence-electron chi connectivity index (χ0n) is 7.54. The molecule has 13 heavy (non-hydrogen) atoms. The van der Waals surface area contributed by atoms with E-state index in [2.05, 4.69) is 15.3 Å². The third-order valence-electron chi connectivity index (χ3n) is 1.53. The van der Waals surface area contributed by atoms with E-state index in [-0.39, 0.29) is 5.91 Å². The molecule has 1 amide bonds. The average molecular weight is 183 g/mol. The molecule has 0 saturated heterocycles. The summed E-state index contributed by atoms with van der Waals surface area (Å²) in [5, 5.41) is 2.71. The van der Waals surface area contributed by atoms with Gasteiger partial charge in [0.05, 0.1) is 19.4 Å². The van der Waals surface area contributed by atoms with Crippen LogP contribution in [-0.2, 0) is 16.0 Å². The van der Waals surface area contributed by atoms with Crippen LogP contribution in [0.4, 0.5) is 0 Å². The van der Waals surface area contributed by atoms with Gasteiger partial charge in [0.1, 0.15) is 0 Å². The Kier molecular flexibility index (Phi) is 3.98. The van der Waals surface area contributed by atoms with Gasteiger partial charge in [-0.25, -0.2) is 4.98 Å². The van der Waals surface area contributed by atoms with Crippen molar-refractivity contribution in [2.75, 3.05) is 20.3 Å². The summed E-state index contributed by atoms with van der Waals surface area (Å²) in [6.45, 7) is 1.08. The van der Waals surface area contributed by atoms with E-state index in [9.17, 15) is 4.79 Å². The topological polar surface area (TPSA) is 67.0 Å². The molecular formula is C8H13N3O2. The summed E-state index contributed by atoms with van der Waals surface area (Å²) in [7, 11) is 1.60. The van der Waals surface area contributed by atoms with Gasteiger partial charge < -0.3 is 15.0 Å². The van der Waals surface area contributed by atoms with E-state index >= 15 is 0 Å². The fourth-order valence-corrected chi connectivity index (χ4v) is 0.909. The molecule has 0 radical (unpaired) electrons. The van der Waals surface area contributed by atoms with E-state index in [0.29, 0.717) is 19.6 Å². The average Bonchev–Trinajstić information content (AvgIpc) is 2.57. The third-order valence-corrected chi connectivity index (χ3v) is 1.53. The van der Waals surface area contributed by atoms with Crippen molar-refractivity contribution in [2.24, 2.45) is 0 Å². The monoisotopic (exact) mass is 183 g/mol. The number of amides is 1. The first-order valence-corrected chi connectivity index (χ1v) is 4.06. The smallest absolute Gasteiger partial charge is 0.226 e. The molecule has 0 aliphatic rings. The van der Waals surface area contributed by atoms with Crippen molar-refractivity contribution >= 4 is 5.91 Å². The lowest BCUT2D eigenvalue weighted by atomic mass is 10.3. The quantitative estimate of drug-likeness (QED) is 0.617. The van der Waals surface area contributed by atoms with E-state index in [1.165, 1.54) is 0 Å². The van der Waals surface area contributed by atoms with Crippen LogP contribution in [0.25, 0.3) is 0 Å². The van der Waals surface area contributed by atoms with Crippen molar-refractivity contribution in [3.05, 3.63) is 18.2 Å². The number of imidazole rings is 1. The predicted molar refractivity (Wildman–Crippen MR) is 47.2 cm³/mol. The van der Waals surface area contributed by atoms with Crippen LogP contribution in [0.1, 0.15) is 5.69 Å². The van der Waals surface area contributed by atoms with Crippen LogP contribution in [0.2, 0.25) is 0 Å². The molecule has 2 N–H and O–H groups in total. The Balaban J connectivity index is 2.18. The molecule has 5 nitrogen and oxygen atoms in total. The van der Waals surface area contributed by atoms with Gasteiger partial charge in [0, 0.05) is 25.5 Å². The summed E-state index contributed by atoms with van der Waals surface area (Å²) in [4.78, 5) is 17.8. The highest BCUT2D eigenvalue weighted by atomic mass is 16.5. The van der Waals surface area contributed by atoms with E-state index in [1.807, 2.05) is 0 Å². The van der Waals surface area contributed by atoms with Gasteiger partial charge in [-0.1, -0.05) is 0 Å². The van der Waals surface area contributed by atoms with Crippen molar-refractivity contribution in [2.45, 2.75) is 6.42 Å². The van der Waals surface area contributed by atoms with Crippen molar-refractivity contribution in [1.82, 2.24) is 15.3 Å². The SMILES string of the molecule is COCCNC(=O)Cc1cnc[nH]1. The Morgan fingerprint density at radius 2 is 2.62 bits per heavy atom. The fraction of sp³-hybridized carbons (Fsp3) is 0.500. The lowest BCUT2D eigenvalue weighted by Crippen LogP contribution is -2.28. The van der Waals surface area contributed by atoms with Crippen LogP contribution in [0.15, 0.2) is 12.5 Å². The first-order valence-electron chi connectivity index (χ1n) is 4.06. The Morgan fingerprint density at radius 3 is 3.23 bits per heavy atom. The molecule has 0 bridgehead atoms. The highest BCUT2D eigenvalue weighted by Crippen LogP contribution is 1.91. The number of methoxy groups -OCH3 is 1. The van der Waals surface area contributed by atoms with Gasteiger partial charge in [-0.2, -0.15) is 0 Å². The van der Waals surface area contributed by atoms with Gasteiger partial charge in [-0.15, -0.1) is 0 Å². The molecule has 0 aliphatic carbocycles. The molecule has 1 aromatic rings. The van der Waals surface area contributed by atoms with Crippen LogP contribution >= 0.6 is 0 Å². The molecule has 0 fully saturated rings. The van der Waals surface area contributed by atoms with E-state index in [0.717, 1.165) is 5.69 Å². The van der Waals surface area contributed by atoms with Gasteiger partial charge in [0.15, 0.2) is 0 Å². The third kappa shape index (κ3) is 3.71. The lowest BCUT2D eigenvalue weighted by Gasteiger charge is -2.02. The van der Waals surface area contributed by atoms with Crippen LogP contribution in [0.3, 0.4) is 0 Å². The summed E-state index contributed by atoms with van der Waals surface area (Å²) >= 11 is 0. The number of carbonyl (C=O) groups excluding carboxylic acids is 1. The van der Waals surface area contributed by atoms with Crippen molar-refractivity contribution in [1.29, 1.82) is 0 Å². The molecule has 0 aliphatic heterocycles. The highest BCUT2D eigenvalue weighted by Gasteiger charge is 2.02. The zero-order valence-corrected chi connectivity index (χ0v) is 7.54. The van der Waals surface area contributed by atoms with E-state index in [4.69, 9.17) is 4.74 Å². The van der Waals surface area contributed by atoms with E-state index in [1.54, 1.807) is 19.6 Å². The first-order chi connectivity index (χ1) is 6.33. The number of rotatable bonds is 5. The molecule has 0 aromatic carbocycles. The van der Waals surface area contributed by atoms with Crippen molar-refractivity contribution in [3.8, 4) is 0 Å². The van der Waals surface area contributed by atoms with Crippen molar-refractivity contribution in [3.63, 3.8) is 0 Å². The maximum Gasteiger partial charge on any atom is 0.226 e. The zero-order chi connectivity index (χ0) is 9.52. The van der Waals surface area contributed by atoms with Crippen molar-refractivity contribution < 1.29 is 9.53 Å². The summed E-state index contributed by atoms with van der Waals surface area (Å²) in [6.07, 6.45) is 3.53. The largest absolute Gasteiger partial charge is 0.383 e. The molecule has 1 aromatic heterocycles. The molecular weight excluding hydrogens is 170 g/mol. The van der Waals surface area contributed by atoms with Crippen LogP contribution in [0.5, 0.6) is 0 Å². The number of aromatic nitrogens is 2. The number of nitrogens with zero attached hydrogens (tertiary/aromatic N) is 1. The number of carbonyl (C=O) groups is 1. The van der Waals surface area contributed by atoms with Gasteiger partial charge in [0.25, 0.3) is 0 Å². The van der Waals surface area contributed by atoms with Gasteiger partial charge >= 0.3 is 0 Å². The summed E-state index contributed by atoms with van der Waals surface area (Å²) < 4.78 is 4.79.